The first-order valence-electron chi connectivity index (χ1n) is 8.38. The minimum absolute atomic E-state index is 0.135. The molecule has 0 saturated carbocycles. The molecule has 0 bridgehead atoms. The third-order valence-electron chi connectivity index (χ3n) is 3.45. The summed E-state index contributed by atoms with van der Waals surface area (Å²) in [6.07, 6.45) is 0.489. The van der Waals surface area contributed by atoms with E-state index in [1.165, 1.54) is 0 Å². The van der Waals surface area contributed by atoms with Gasteiger partial charge in [0.05, 0.1) is 5.02 Å². The molecule has 7 nitrogen and oxygen atoms in total. The highest BCUT2D eigenvalue weighted by Crippen LogP contribution is 2.25. The maximum atomic E-state index is 12.0. The summed E-state index contributed by atoms with van der Waals surface area (Å²) in [7, 11) is 1.73. The Labute approximate surface area is 158 Å². The van der Waals surface area contributed by atoms with Gasteiger partial charge in [0.1, 0.15) is 5.75 Å². The summed E-state index contributed by atoms with van der Waals surface area (Å²) < 4.78 is 10.8. The number of amides is 2. The van der Waals surface area contributed by atoms with E-state index < -0.39 is 0 Å². The summed E-state index contributed by atoms with van der Waals surface area (Å²) in [5.74, 6) is 1.46. The van der Waals surface area contributed by atoms with Crippen molar-refractivity contribution in [2.45, 2.75) is 46.3 Å². The van der Waals surface area contributed by atoms with E-state index in [0.717, 1.165) is 5.56 Å². The van der Waals surface area contributed by atoms with Crippen LogP contribution in [0, 0.1) is 6.92 Å². The lowest BCUT2D eigenvalue weighted by molar-refractivity contribution is 0.199. The van der Waals surface area contributed by atoms with Crippen LogP contribution in [0.5, 0.6) is 5.75 Å². The Balaban J connectivity index is 1.84. The summed E-state index contributed by atoms with van der Waals surface area (Å²) in [6, 6.07) is 5.40. The van der Waals surface area contributed by atoms with Crippen molar-refractivity contribution in [2.75, 3.05) is 13.6 Å². The number of halogens is 1. The summed E-state index contributed by atoms with van der Waals surface area (Å²) in [5, 5.41) is 7.35. The number of hydrogen-bond acceptors (Lipinski definition) is 5. The fraction of sp³-hybridized carbons (Fsp3) is 0.500. The van der Waals surface area contributed by atoms with Crippen LogP contribution in [-0.4, -0.2) is 40.2 Å². The molecule has 0 aliphatic heterocycles. The van der Waals surface area contributed by atoms with Crippen molar-refractivity contribution in [3.05, 3.63) is 40.5 Å². The Kier molecular flexibility index (Phi) is 6.47. The van der Waals surface area contributed by atoms with Gasteiger partial charge < -0.3 is 19.5 Å². The van der Waals surface area contributed by atoms with Gasteiger partial charge in [-0.1, -0.05) is 22.8 Å². The SMILES string of the molecule is Cc1ccc(Cl)c(OCc2nc(CCN(C)C(=O)NC(C)(C)C)no2)c1. The molecule has 8 heteroatoms. The van der Waals surface area contributed by atoms with Gasteiger partial charge in [0.15, 0.2) is 12.4 Å². The number of ether oxygens (including phenoxy) is 1. The molecule has 0 fully saturated rings. The molecule has 1 aromatic carbocycles. The minimum Gasteiger partial charge on any atom is -0.482 e. The van der Waals surface area contributed by atoms with Crippen molar-refractivity contribution in [1.29, 1.82) is 0 Å². The second kappa shape index (κ2) is 8.40. The Morgan fingerprint density at radius 1 is 1.38 bits per heavy atom. The topological polar surface area (TPSA) is 80.5 Å². The van der Waals surface area contributed by atoms with E-state index >= 15 is 0 Å². The first kappa shape index (κ1) is 20.0. The van der Waals surface area contributed by atoms with Crippen LogP contribution >= 0.6 is 11.6 Å². The van der Waals surface area contributed by atoms with Crippen LogP contribution in [0.2, 0.25) is 5.02 Å². The number of benzene rings is 1. The first-order chi connectivity index (χ1) is 12.1. The Morgan fingerprint density at radius 2 is 2.12 bits per heavy atom. The molecule has 142 valence electrons. The normalized spacial score (nSPS) is 11.3. The molecule has 26 heavy (non-hydrogen) atoms. The number of rotatable bonds is 6. The van der Waals surface area contributed by atoms with E-state index in [9.17, 15) is 4.79 Å². The zero-order chi connectivity index (χ0) is 19.3. The fourth-order valence-electron chi connectivity index (χ4n) is 2.10. The molecule has 0 aliphatic rings. The Morgan fingerprint density at radius 3 is 2.81 bits per heavy atom. The van der Waals surface area contributed by atoms with E-state index in [0.29, 0.717) is 35.5 Å². The monoisotopic (exact) mass is 380 g/mol. The summed E-state index contributed by atoms with van der Waals surface area (Å²) >= 11 is 6.09. The summed E-state index contributed by atoms with van der Waals surface area (Å²) in [5.41, 5.74) is 0.770. The smallest absolute Gasteiger partial charge is 0.317 e. The summed E-state index contributed by atoms with van der Waals surface area (Å²) in [4.78, 5) is 17.9. The molecule has 0 spiro atoms. The fourth-order valence-corrected chi connectivity index (χ4v) is 2.27. The minimum atomic E-state index is -0.279. The Bertz CT molecular complexity index is 755. The van der Waals surface area contributed by atoms with Gasteiger partial charge in [-0.3, -0.25) is 0 Å². The average molecular weight is 381 g/mol. The number of nitrogens with one attached hydrogen (secondary N) is 1. The highest BCUT2D eigenvalue weighted by atomic mass is 35.5. The predicted octanol–water partition coefficient (Wildman–Crippen LogP) is 3.59. The molecule has 0 unspecified atom stereocenters. The van der Waals surface area contributed by atoms with Crippen LogP contribution in [0.25, 0.3) is 0 Å². The largest absolute Gasteiger partial charge is 0.482 e. The number of carbonyl (C=O) groups excluding carboxylic acids is 1. The maximum absolute atomic E-state index is 12.0. The van der Waals surface area contributed by atoms with Gasteiger partial charge >= 0.3 is 6.03 Å². The van der Waals surface area contributed by atoms with Crippen molar-refractivity contribution in [2.24, 2.45) is 0 Å². The lowest BCUT2D eigenvalue weighted by atomic mass is 10.1. The zero-order valence-electron chi connectivity index (χ0n) is 15.8. The lowest BCUT2D eigenvalue weighted by Gasteiger charge is -2.25. The average Bonchev–Trinajstić information content (AvgIpc) is 2.99. The first-order valence-corrected chi connectivity index (χ1v) is 8.75. The lowest BCUT2D eigenvalue weighted by Crippen LogP contribution is -2.47. The van der Waals surface area contributed by atoms with Crippen molar-refractivity contribution in [1.82, 2.24) is 20.4 Å². The van der Waals surface area contributed by atoms with Gasteiger partial charge in [-0.25, -0.2) is 4.79 Å². The van der Waals surface area contributed by atoms with Gasteiger partial charge in [-0.2, -0.15) is 4.98 Å². The number of aromatic nitrogens is 2. The number of carbonyl (C=O) groups is 1. The van der Waals surface area contributed by atoms with Crippen LogP contribution in [0.3, 0.4) is 0 Å². The predicted molar refractivity (Wildman–Crippen MR) is 99.4 cm³/mol. The number of urea groups is 1. The van der Waals surface area contributed by atoms with Crippen molar-refractivity contribution >= 4 is 17.6 Å². The molecule has 0 aliphatic carbocycles. The zero-order valence-corrected chi connectivity index (χ0v) is 16.6. The molecule has 0 radical (unpaired) electrons. The number of nitrogens with zero attached hydrogens (tertiary/aromatic N) is 3. The molecule has 0 saturated heterocycles. The van der Waals surface area contributed by atoms with Crippen molar-refractivity contribution < 1.29 is 14.1 Å². The second-order valence-electron chi connectivity index (χ2n) is 7.18. The van der Waals surface area contributed by atoms with Gasteiger partial charge in [0.2, 0.25) is 0 Å². The molecular weight excluding hydrogens is 356 g/mol. The van der Waals surface area contributed by atoms with Crippen LogP contribution in [0.15, 0.2) is 22.7 Å². The van der Waals surface area contributed by atoms with Gasteiger partial charge in [-0.15, -0.1) is 0 Å². The van der Waals surface area contributed by atoms with Gasteiger partial charge in [0.25, 0.3) is 5.89 Å². The molecule has 2 aromatic rings. The van der Waals surface area contributed by atoms with Crippen molar-refractivity contribution in [3.8, 4) is 5.75 Å². The van der Waals surface area contributed by atoms with Crippen LogP contribution in [0.1, 0.15) is 38.0 Å². The van der Waals surface area contributed by atoms with Gasteiger partial charge in [-0.05, 0) is 45.4 Å². The van der Waals surface area contributed by atoms with E-state index in [-0.39, 0.29) is 18.2 Å². The van der Waals surface area contributed by atoms with E-state index in [1.807, 2.05) is 39.8 Å². The van der Waals surface area contributed by atoms with E-state index in [4.69, 9.17) is 20.9 Å². The highest BCUT2D eigenvalue weighted by molar-refractivity contribution is 6.32. The Hall–Kier alpha value is -2.28. The molecule has 2 rings (SSSR count). The molecule has 1 N–H and O–H groups in total. The number of hydrogen-bond donors (Lipinski definition) is 1. The molecule has 1 aromatic heterocycles. The maximum Gasteiger partial charge on any atom is 0.317 e. The van der Waals surface area contributed by atoms with E-state index in [2.05, 4.69) is 15.5 Å². The molecule has 1 heterocycles. The van der Waals surface area contributed by atoms with Crippen LogP contribution in [0.4, 0.5) is 4.79 Å². The second-order valence-corrected chi connectivity index (χ2v) is 7.59. The van der Waals surface area contributed by atoms with Crippen LogP contribution in [-0.2, 0) is 13.0 Å². The van der Waals surface area contributed by atoms with Crippen molar-refractivity contribution in [3.63, 3.8) is 0 Å². The highest BCUT2D eigenvalue weighted by Gasteiger charge is 2.17. The quantitative estimate of drug-likeness (QED) is 0.828. The molecule has 0 atom stereocenters. The van der Waals surface area contributed by atoms with Crippen LogP contribution < -0.4 is 10.1 Å². The standard InChI is InChI=1S/C18H25ClN4O3/c1-12-6-7-13(19)14(10-12)25-11-16-20-15(22-26-16)8-9-23(5)17(24)21-18(2,3)4/h6-7,10H,8-9,11H2,1-5H3,(H,21,24). The van der Waals surface area contributed by atoms with E-state index in [1.54, 1.807) is 18.0 Å². The third-order valence-corrected chi connectivity index (χ3v) is 3.76. The molecule has 2 amide bonds. The summed E-state index contributed by atoms with van der Waals surface area (Å²) in [6.45, 7) is 8.38. The third kappa shape index (κ3) is 6.22. The number of aryl methyl sites for hydroxylation is 1. The molecular formula is C18H25ClN4O3. The van der Waals surface area contributed by atoms with Gasteiger partial charge in [0, 0.05) is 25.6 Å². The number of likely N-dealkylation sites (N-methyl/N-ethyl adjacent to an activating group) is 1.